The van der Waals surface area contributed by atoms with Gasteiger partial charge in [0.05, 0.1) is 26.1 Å². The van der Waals surface area contributed by atoms with E-state index in [1.165, 1.54) is 39.4 Å². The Hall–Kier alpha value is 0.230. The topological polar surface area (TPSA) is 51.2 Å². The lowest BCUT2D eigenvalue weighted by molar-refractivity contribution is 0.110. The van der Waals surface area contributed by atoms with Crippen molar-refractivity contribution in [2.75, 3.05) is 0 Å². The van der Waals surface area contributed by atoms with Crippen LogP contribution in [0.2, 0.25) is 0 Å². The van der Waals surface area contributed by atoms with Crippen LogP contribution in [0.5, 0.6) is 0 Å². The summed E-state index contributed by atoms with van der Waals surface area (Å²) in [5, 5.41) is 0. The number of rotatable bonds is 3. The van der Waals surface area contributed by atoms with E-state index in [2.05, 4.69) is 0 Å². The van der Waals surface area contributed by atoms with Gasteiger partial charge in [0, 0.05) is 33.7 Å². The van der Waals surface area contributed by atoms with Crippen LogP contribution in [0.25, 0.3) is 0 Å². The number of hydrogen-bond donors (Lipinski definition) is 0. The zero-order valence-electron chi connectivity index (χ0n) is 7.21. The van der Waals surface area contributed by atoms with Gasteiger partial charge in [-0.15, -0.1) is 0 Å². The van der Waals surface area contributed by atoms with Crippen molar-refractivity contribution in [2.24, 2.45) is 0 Å². The summed E-state index contributed by atoms with van der Waals surface area (Å²) in [6, 6.07) is 3.93. The minimum absolute atomic E-state index is 0.0748. The molecule has 0 amide bonds. The van der Waals surface area contributed by atoms with E-state index in [1.54, 1.807) is 22.6 Å². The van der Waals surface area contributed by atoms with Crippen molar-refractivity contribution in [3.8, 4) is 0 Å². The second-order valence-corrected chi connectivity index (χ2v) is 8.44. The van der Waals surface area contributed by atoms with Crippen LogP contribution in [0.4, 0.5) is 4.39 Å². The minimum atomic E-state index is -3.53. The van der Waals surface area contributed by atoms with Crippen molar-refractivity contribution in [3.05, 3.63) is 29.3 Å². The third-order valence-corrected chi connectivity index (χ3v) is 4.65. The van der Waals surface area contributed by atoms with Crippen molar-refractivity contribution in [3.63, 3.8) is 0 Å². The molecule has 0 fully saturated rings. The van der Waals surface area contributed by atoms with E-state index in [-0.39, 0.29) is 19.8 Å². The van der Waals surface area contributed by atoms with Crippen molar-refractivity contribution in [2.45, 2.75) is 11.6 Å². The van der Waals surface area contributed by atoms with E-state index < -0.39 is 13.7 Å². The average Bonchev–Trinajstić information content (AvgIpc) is 2.15. The maximum atomic E-state index is 12.5. The first kappa shape index (κ1) is 13.3. The molecule has 1 aromatic carbocycles. The first-order valence-electron chi connectivity index (χ1n) is 3.69. The van der Waals surface area contributed by atoms with E-state index in [9.17, 15) is 17.6 Å². The first-order valence-corrected chi connectivity index (χ1v) is 8.80. The molecule has 0 aromatic heterocycles. The molecule has 0 radical (unpaired) electrons. The van der Waals surface area contributed by atoms with Gasteiger partial charge >= 0.3 is 0 Å². The van der Waals surface area contributed by atoms with Gasteiger partial charge in [-0.2, -0.15) is 0 Å². The van der Waals surface area contributed by atoms with Gasteiger partial charge in [0.1, 0.15) is 6.67 Å². The third kappa shape index (κ3) is 3.34. The monoisotopic (exact) mass is 454 g/mol. The van der Waals surface area contributed by atoms with Crippen LogP contribution in [0.3, 0.4) is 0 Å². The number of hydrogen-bond acceptors (Lipinski definition) is 3. The Morgan fingerprint density at radius 3 is 2.40 bits per heavy atom. The highest BCUT2D eigenvalue weighted by atomic mass is 127. The molecule has 0 aliphatic rings. The number of carbonyl (C=O) groups is 1. The fraction of sp³-hybridized carbons (Fsp3) is 0.125. The van der Waals surface area contributed by atoms with Gasteiger partial charge in [-0.05, 0) is 6.07 Å². The molecule has 1 aromatic rings. The lowest BCUT2D eigenvalue weighted by Gasteiger charge is -2.04. The minimum Gasteiger partial charge on any atom is -0.282 e. The Morgan fingerprint density at radius 2 is 2.00 bits per heavy atom. The van der Waals surface area contributed by atoms with Crippen LogP contribution >= 0.6 is 43.8 Å². The van der Waals surface area contributed by atoms with Gasteiger partial charge in [0.15, 0.2) is 0 Å². The second-order valence-electron chi connectivity index (χ2n) is 2.67. The van der Waals surface area contributed by atoms with Crippen LogP contribution in [-0.4, -0.2) is 12.2 Å². The summed E-state index contributed by atoms with van der Waals surface area (Å²) in [6.45, 7) is -0.868. The smallest absolute Gasteiger partial charge is 0.231 e. The van der Waals surface area contributed by atoms with E-state index in [0.717, 1.165) is 0 Å². The Bertz CT molecular complexity index is 499. The summed E-state index contributed by atoms with van der Waals surface area (Å²) >= 11 is 2.77. The summed E-state index contributed by atoms with van der Waals surface area (Å²) in [5.41, 5.74) is 0.328. The maximum absolute atomic E-state index is 12.5. The lowest BCUT2D eigenvalue weighted by Crippen LogP contribution is -1.99. The SMILES string of the molecule is O=C(I)c1ccc(CF)c(S(=O)(=O)I)c1. The molecule has 0 atom stereocenters. The Balaban J connectivity index is 3.46. The molecule has 15 heavy (non-hydrogen) atoms. The fourth-order valence-corrected chi connectivity index (χ4v) is 3.28. The van der Waals surface area contributed by atoms with Gasteiger partial charge in [-0.25, -0.2) is 12.8 Å². The highest BCUT2D eigenvalue weighted by molar-refractivity contribution is 14.2. The molecule has 0 aliphatic carbocycles. The van der Waals surface area contributed by atoms with Crippen molar-refractivity contribution >= 4 is 54.6 Å². The van der Waals surface area contributed by atoms with Crippen molar-refractivity contribution < 1.29 is 17.6 Å². The molecule has 0 spiro atoms. The van der Waals surface area contributed by atoms with Gasteiger partial charge in [-0.3, -0.25) is 4.79 Å². The molecule has 0 N–H and O–H groups in total. The second kappa shape index (κ2) is 5.04. The summed E-state index contributed by atoms with van der Waals surface area (Å²) in [7, 11) is -3.53. The summed E-state index contributed by atoms with van der Waals surface area (Å²) in [4.78, 5) is 10.9. The molecule has 1 rings (SSSR count). The Kier molecular flexibility index (Phi) is 4.47. The van der Waals surface area contributed by atoms with Crippen LogP contribution in [0.1, 0.15) is 15.9 Å². The predicted molar refractivity (Wildman–Crippen MR) is 70.8 cm³/mol. The molecule has 0 heterocycles. The van der Waals surface area contributed by atoms with Gasteiger partial charge in [0.25, 0.3) is 0 Å². The van der Waals surface area contributed by atoms with Crippen molar-refractivity contribution in [1.82, 2.24) is 0 Å². The summed E-state index contributed by atoms with van der Waals surface area (Å²) < 4.78 is 34.8. The number of halogens is 3. The average molecular weight is 454 g/mol. The van der Waals surface area contributed by atoms with Crippen LogP contribution < -0.4 is 0 Å². The van der Waals surface area contributed by atoms with Gasteiger partial charge in [-0.1, -0.05) is 12.1 Å². The van der Waals surface area contributed by atoms with E-state index in [4.69, 9.17) is 0 Å². The molecule has 0 unspecified atom stereocenters. The molecule has 0 saturated carbocycles. The number of carbonyl (C=O) groups excluding carboxylic acids is 1. The van der Waals surface area contributed by atoms with Gasteiger partial charge < -0.3 is 0 Å². The normalized spacial score (nSPS) is 11.4. The standard InChI is InChI=1S/C8H5FI2O3S/c9-4-6-2-1-5(8(10)12)3-7(6)15(11,13)14/h1-3H,4H2. The largest absolute Gasteiger partial charge is 0.282 e. The quantitative estimate of drug-likeness (QED) is 0.522. The summed E-state index contributed by atoms with van der Waals surface area (Å²) in [5.74, 6) is 0. The predicted octanol–water partition coefficient (Wildman–Crippen LogP) is 2.86. The van der Waals surface area contributed by atoms with Gasteiger partial charge in [0.2, 0.25) is 10.8 Å². The molecule has 0 aliphatic heterocycles. The highest BCUT2D eigenvalue weighted by Gasteiger charge is 2.17. The molecular weight excluding hydrogens is 449 g/mol. The van der Waals surface area contributed by atoms with E-state index >= 15 is 0 Å². The molecule has 82 valence electrons. The van der Waals surface area contributed by atoms with Crippen LogP contribution in [0, 0.1) is 0 Å². The Morgan fingerprint density at radius 1 is 1.40 bits per heavy atom. The number of benzene rings is 1. The zero-order valence-corrected chi connectivity index (χ0v) is 12.3. The third-order valence-electron chi connectivity index (χ3n) is 1.70. The van der Waals surface area contributed by atoms with E-state index in [1.807, 2.05) is 0 Å². The first-order chi connectivity index (χ1) is 6.86. The van der Waals surface area contributed by atoms with Crippen LogP contribution in [-0.2, 0) is 13.7 Å². The molecule has 3 nitrogen and oxygen atoms in total. The zero-order chi connectivity index (χ0) is 11.6. The number of alkyl halides is 1. The lowest BCUT2D eigenvalue weighted by atomic mass is 10.2. The van der Waals surface area contributed by atoms with Crippen molar-refractivity contribution in [1.29, 1.82) is 0 Å². The fourth-order valence-electron chi connectivity index (χ4n) is 1.01. The summed E-state index contributed by atoms with van der Waals surface area (Å²) in [6.07, 6.45) is 0. The molecule has 7 heteroatoms. The molecule has 0 bridgehead atoms. The molecule has 0 saturated heterocycles. The van der Waals surface area contributed by atoms with E-state index in [0.29, 0.717) is 0 Å². The van der Waals surface area contributed by atoms with Crippen LogP contribution in [0.15, 0.2) is 23.1 Å². The molecular formula is C8H5FI2O3S. The highest BCUT2D eigenvalue weighted by Crippen LogP contribution is 2.25. The Labute approximate surface area is 112 Å². The maximum Gasteiger partial charge on any atom is 0.231 e.